The average molecular weight is 316 g/mol. The van der Waals surface area contributed by atoms with Crippen molar-refractivity contribution in [3.8, 4) is 0 Å². The predicted octanol–water partition coefficient (Wildman–Crippen LogP) is 0.303. The van der Waals surface area contributed by atoms with Crippen molar-refractivity contribution < 1.29 is 23.8 Å². The molecule has 4 unspecified atom stereocenters. The van der Waals surface area contributed by atoms with E-state index in [0.717, 1.165) is 16.7 Å². The van der Waals surface area contributed by atoms with E-state index < -0.39 is 18.2 Å². The molecule has 1 N–H and O–H groups in total. The number of allylic oxidation sites excluding steroid dienone is 1. The van der Waals surface area contributed by atoms with Gasteiger partial charge in [0.15, 0.2) is 5.94 Å². The Hall–Kier alpha value is -2.10. The Morgan fingerprint density at radius 1 is 1.52 bits per heavy atom. The molecule has 0 radical (unpaired) electrons. The highest BCUT2D eigenvalue weighted by atomic mass is 16.6. The van der Waals surface area contributed by atoms with Crippen LogP contribution in [0, 0.1) is 18.3 Å². The topological polar surface area (TPSA) is 76.7 Å². The molecule has 1 aromatic heterocycles. The van der Waals surface area contributed by atoms with Crippen LogP contribution in [0.1, 0.15) is 31.9 Å². The molecule has 3 rings (SSSR count). The number of esters is 1. The van der Waals surface area contributed by atoms with Gasteiger partial charge in [-0.15, -0.1) is 0 Å². The number of rotatable bonds is 1. The summed E-state index contributed by atoms with van der Waals surface area (Å²) < 4.78 is 10.9. The zero-order valence-corrected chi connectivity index (χ0v) is 13.7. The molecule has 0 saturated carbocycles. The summed E-state index contributed by atoms with van der Waals surface area (Å²) in [5.41, 5.74) is 3.29. The Morgan fingerprint density at radius 2 is 2.22 bits per heavy atom. The Bertz CT molecular complexity index is 839. The molecule has 0 aliphatic heterocycles. The molecule has 5 heteroatoms. The summed E-state index contributed by atoms with van der Waals surface area (Å²) in [4.78, 5) is 22.3. The summed E-state index contributed by atoms with van der Waals surface area (Å²) in [7, 11) is 0. The number of fused-ring (bicyclic) bond motifs is 2. The molecule has 122 valence electrons. The summed E-state index contributed by atoms with van der Waals surface area (Å²) in [6, 6.07) is 0. The molecule has 0 fully saturated rings. The highest BCUT2D eigenvalue weighted by molar-refractivity contribution is 5.66. The van der Waals surface area contributed by atoms with Gasteiger partial charge in [-0.05, 0) is 31.1 Å². The number of furan rings is 1. The number of ether oxygens (including phenoxy) is 1. The molecule has 0 spiro atoms. The van der Waals surface area contributed by atoms with Gasteiger partial charge >= 0.3 is 5.97 Å². The number of aliphatic hydroxyl groups is 1. The largest absolute Gasteiger partial charge is 0.459 e. The smallest absolute Gasteiger partial charge is 0.303 e. The SMILES string of the molecule is CC(=O)OC1C(O)C=C2C=c3oc(=C=O)c(C)c3CC2(C)C1C. The van der Waals surface area contributed by atoms with Gasteiger partial charge in [0, 0.05) is 29.4 Å². The van der Waals surface area contributed by atoms with Gasteiger partial charge in [-0.25, -0.2) is 4.79 Å². The first kappa shape index (κ1) is 15.8. The van der Waals surface area contributed by atoms with Crippen molar-refractivity contribution in [2.24, 2.45) is 11.3 Å². The first-order chi connectivity index (χ1) is 10.8. The number of hydrogen-bond acceptors (Lipinski definition) is 5. The van der Waals surface area contributed by atoms with E-state index in [9.17, 15) is 14.7 Å². The highest BCUT2D eigenvalue weighted by Gasteiger charge is 2.48. The molecule has 1 aromatic rings. The average Bonchev–Trinajstić information content (AvgIpc) is 2.78. The van der Waals surface area contributed by atoms with Gasteiger partial charge in [0.05, 0.1) is 0 Å². The van der Waals surface area contributed by atoms with Crippen LogP contribution in [0.4, 0.5) is 0 Å². The van der Waals surface area contributed by atoms with Crippen LogP contribution >= 0.6 is 0 Å². The minimum Gasteiger partial charge on any atom is -0.459 e. The lowest BCUT2D eigenvalue weighted by Crippen LogP contribution is -2.50. The second-order valence-electron chi connectivity index (χ2n) is 6.71. The first-order valence-electron chi connectivity index (χ1n) is 7.70. The van der Waals surface area contributed by atoms with E-state index in [1.165, 1.54) is 6.92 Å². The molecule has 23 heavy (non-hydrogen) atoms. The predicted molar refractivity (Wildman–Crippen MR) is 82.6 cm³/mol. The van der Waals surface area contributed by atoms with Crippen LogP contribution in [0.25, 0.3) is 6.08 Å². The van der Waals surface area contributed by atoms with Crippen LogP contribution < -0.4 is 10.8 Å². The fourth-order valence-corrected chi connectivity index (χ4v) is 3.74. The van der Waals surface area contributed by atoms with E-state index in [1.807, 2.05) is 25.9 Å². The van der Waals surface area contributed by atoms with Gasteiger partial charge in [-0.2, -0.15) is 0 Å². The van der Waals surface area contributed by atoms with Gasteiger partial charge in [0.1, 0.15) is 17.6 Å². The minimum absolute atomic E-state index is 0.0799. The Labute approximate surface area is 133 Å². The lowest BCUT2D eigenvalue weighted by molar-refractivity contribution is -0.158. The van der Waals surface area contributed by atoms with Crippen LogP contribution in [0.2, 0.25) is 0 Å². The third kappa shape index (κ3) is 2.28. The van der Waals surface area contributed by atoms with Crippen LogP contribution in [0.15, 0.2) is 16.1 Å². The van der Waals surface area contributed by atoms with E-state index >= 15 is 0 Å². The van der Waals surface area contributed by atoms with Crippen molar-refractivity contribution in [1.82, 2.24) is 0 Å². The zero-order valence-electron chi connectivity index (χ0n) is 13.7. The van der Waals surface area contributed by atoms with E-state index in [-0.39, 0.29) is 16.7 Å². The monoisotopic (exact) mass is 316 g/mol. The third-order valence-electron chi connectivity index (χ3n) is 5.37. The highest BCUT2D eigenvalue weighted by Crippen LogP contribution is 2.47. The lowest BCUT2D eigenvalue weighted by atomic mass is 9.60. The zero-order chi connectivity index (χ0) is 16.9. The summed E-state index contributed by atoms with van der Waals surface area (Å²) in [5, 5.41) is 10.3. The van der Waals surface area contributed by atoms with Crippen molar-refractivity contribution >= 4 is 18.0 Å². The molecule has 0 bridgehead atoms. The standard InChI is InChI=1S/C18H20O5/c1-9-13-7-18(4)10(2)17(22-11(3)20)14(21)5-12(18)6-15(13)23-16(9)8-19/h5-6,10,14,17,21H,7H2,1-4H3. The molecule has 0 saturated heterocycles. The molecular weight excluding hydrogens is 296 g/mol. The molecule has 2 aliphatic carbocycles. The Kier molecular flexibility index (Phi) is 3.58. The molecule has 5 nitrogen and oxygen atoms in total. The molecule has 0 aromatic carbocycles. The summed E-state index contributed by atoms with van der Waals surface area (Å²) in [5.74, 6) is 1.34. The van der Waals surface area contributed by atoms with E-state index in [1.54, 1.807) is 6.08 Å². The number of carbonyl (C=O) groups is 1. The van der Waals surface area contributed by atoms with Crippen LogP contribution in [-0.2, 0) is 20.7 Å². The molecular formula is C18H20O5. The van der Waals surface area contributed by atoms with Gasteiger partial charge in [0.2, 0.25) is 5.42 Å². The molecule has 1 heterocycles. The maximum Gasteiger partial charge on any atom is 0.303 e. The maximum atomic E-state index is 11.3. The van der Waals surface area contributed by atoms with Crippen LogP contribution in [0.3, 0.4) is 0 Å². The number of carbonyl (C=O) groups excluding carboxylic acids is 2. The van der Waals surface area contributed by atoms with E-state index in [4.69, 9.17) is 9.15 Å². The second kappa shape index (κ2) is 5.22. The fraction of sp³-hybridized carbons (Fsp3) is 0.500. The van der Waals surface area contributed by atoms with Crippen molar-refractivity contribution in [2.45, 2.75) is 46.3 Å². The third-order valence-corrected chi connectivity index (χ3v) is 5.37. The van der Waals surface area contributed by atoms with Gasteiger partial charge in [0.25, 0.3) is 0 Å². The summed E-state index contributed by atoms with van der Waals surface area (Å²) in [6.07, 6.45) is 2.81. The maximum absolute atomic E-state index is 11.3. The van der Waals surface area contributed by atoms with Crippen molar-refractivity contribution in [2.75, 3.05) is 0 Å². The first-order valence-corrected chi connectivity index (χ1v) is 7.70. The van der Waals surface area contributed by atoms with Gasteiger partial charge in [-0.1, -0.05) is 13.8 Å². The van der Waals surface area contributed by atoms with Crippen molar-refractivity contribution in [3.05, 3.63) is 33.6 Å². The van der Waals surface area contributed by atoms with Gasteiger partial charge < -0.3 is 14.3 Å². The lowest BCUT2D eigenvalue weighted by Gasteiger charge is -2.46. The number of aliphatic hydroxyl groups excluding tert-OH is 1. The fourth-order valence-electron chi connectivity index (χ4n) is 3.74. The Morgan fingerprint density at radius 3 is 2.83 bits per heavy atom. The number of hydrogen-bond donors (Lipinski definition) is 1. The quantitative estimate of drug-likeness (QED) is 0.754. The summed E-state index contributed by atoms with van der Waals surface area (Å²) in [6.45, 7) is 7.26. The molecule has 2 aliphatic rings. The van der Waals surface area contributed by atoms with Crippen molar-refractivity contribution in [1.29, 1.82) is 0 Å². The van der Waals surface area contributed by atoms with Gasteiger partial charge in [-0.3, -0.25) is 4.79 Å². The van der Waals surface area contributed by atoms with E-state index in [0.29, 0.717) is 11.8 Å². The molecule has 4 atom stereocenters. The second-order valence-corrected chi connectivity index (χ2v) is 6.71. The summed E-state index contributed by atoms with van der Waals surface area (Å²) >= 11 is 0. The van der Waals surface area contributed by atoms with Crippen LogP contribution in [-0.4, -0.2) is 29.2 Å². The van der Waals surface area contributed by atoms with E-state index in [2.05, 4.69) is 6.92 Å². The minimum atomic E-state index is -0.858. The normalized spacial score (nSPS) is 32.0. The molecule has 0 amide bonds. The van der Waals surface area contributed by atoms with Crippen LogP contribution in [0.5, 0.6) is 0 Å². The Balaban J connectivity index is 2.15. The van der Waals surface area contributed by atoms with Crippen molar-refractivity contribution in [3.63, 3.8) is 0 Å².